The molecule has 1 aromatic heterocycles. The molecule has 0 atom stereocenters. The molecule has 7 aromatic rings. The molecular weight excluding hydrogens is 643 g/mol. The molecule has 53 heavy (non-hydrogen) atoms. The minimum absolute atomic E-state index is 0.122. The Balaban J connectivity index is 1.05. The van der Waals surface area contributed by atoms with Gasteiger partial charge in [-0.1, -0.05) is 91.7 Å². The highest BCUT2D eigenvalue weighted by Gasteiger charge is 2.61. The lowest BCUT2D eigenvalue weighted by molar-refractivity contribution is -0.0399. The fraction of sp³-hybridized carbons (Fsp3) is 0.294. The van der Waals surface area contributed by atoms with Gasteiger partial charge in [-0.2, -0.15) is 0 Å². The zero-order valence-corrected chi connectivity index (χ0v) is 30.2. The zero-order valence-electron chi connectivity index (χ0n) is 30.2. The Hall–Kier alpha value is -5.08. The van der Waals surface area contributed by atoms with Crippen molar-refractivity contribution in [3.8, 4) is 22.3 Å². The number of nitrogens with zero attached hydrogens (tertiary/aromatic N) is 1. The van der Waals surface area contributed by atoms with Gasteiger partial charge in [-0.3, -0.25) is 0 Å². The Bertz CT molecular complexity index is 2640. The summed E-state index contributed by atoms with van der Waals surface area (Å²) in [7, 11) is 0. The van der Waals surface area contributed by atoms with Crippen LogP contribution in [-0.2, 0) is 10.8 Å². The molecule has 0 amide bonds. The summed E-state index contributed by atoms with van der Waals surface area (Å²) >= 11 is 0. The Kier molecular flexibility index (Phi) is 5.72. The molecule has 0 aliphatic heterocycles. The average Bonchev–Trinajstić information content (AvgIpc) is 3.96. The van der Waals surface area contributed by atoms with Gasteiger partial charge in [0, 0.05) is 38.7 Å². The first-order chi connectivity index (χ1) is 26.2. The summed E-state index contributed by atoms with van der Waals surface area (Å²) in [6.45, 7) is 0. The van der Waals surface area contributed by atoms with Crippen LogP contribution < -0.4 is 4.90 Å². The van der Waals surface area contributed by atoms with Gasteiger partial charge in [0.25, 0.3) is 0 Å². The fourth-order valence-electron chi connectivity index (χ4n) is 13.7. The quantitative estimate of drug-likeness (QED) is 0.184. The molecule has 0 radical (unpaired) electrons. The van der Waals surface area contributed by atoms with Crippen LogP contribution in [0.1, 0.15) is 80.0 Å². The molecule has 258 valence electrons. The molecule has 6 aromatic carbocycles. The molecule has 5 saturated carbocycles. The Morgan fingerprint density at radius 2 is 1.04 bits per heavy atom. The maximum Gasteiger partial charge on any atom is 0.135 e. The maximum absolute atomic E-state index is 6.36. The van der Waals surface area contributed by atoms with Crippen molar-refractivity contribution >= 4 is 39.0 Å². The van der Waals surface area contributed by atoms with Crippen molar-refractivity contribution in [2.24, 2.45) is 23.7 Å². The minimum atomic E-state index is 0.122. The minimum Gasteiger partial charge on any atom is -0.456 e. The van der Waals surface area contributed by atoms with E-state index in [1.54, 1.807) is 16.7 Å². The number of furan rings is 1. The van der Waals surface area contributed by atoms with E-state index in [1.165, 1.54) is 113 Å². The Morgan fingerprint density at radius 3 is 1.85 bits per heavy atom. The summed E-state index contributed by atoms with van der Waals surface area (Å²) in [6.07, 6.45) is 12.2. The van der Waals surface area contributed by atoms with E-state index < -0.39 is 0 Å². The molecule has 2 heteroatoms. The van der Waals surface area contributed by atoms with Gasteiger partial charge in [0.15, 0.2) is 0 Å². The molecule has 0 unspecified atom stereocenters. The monoisotopic (exact) mass is 685 g/mol. The predicted octanol–water partition coefficient (Wildman–Crippen LogP) is 13.6. The van der Waals surface area contributed by atoms with E-state index in [1.807, 2.05) is 0 Å². The van der Waals surface area contributed by atoms with E-state index in [0.717, 1.165) is 34.8 Å². The van der Waals surface area contributed by atoms with Crippen molar-refractivity contribution in [3.63, 3.8) is 0 Å². The second kappa shape index (κ2) is 10.3. The van der Waals surface area contributed by atoms with Crippen LogP contribution in [0.2, 0.25) is 0 Å². The van der Waals surface area contributed by atoms with Gasteiger partial charge in [0.1, 0.15) is 11.2 Å². The van der Waals surface area contributed by atoms with Crippen LogP contribution in [-0.4, -0.2) is 0 Å². The van der Waals surface area contributed by atoms with Gasteiger partial charge in [-0.25, -0.2) is 0 Å². The predicted molar refractivity (Wildman–Crippen MR) is 216 cm³/mol. The van der Waals surface area contributed by atoms with Crippen molar-refractivity contribution in [1.82, 2.24) is 0 Å². The highest BCUT2D eigenvalue weighted by atomic mass is 16.3. The van der Waals surface area contributed by atoms with Crippen LogP contribution in [0.5, 0.6) is 0 Å². The molecule has 5 fully saturated rings. The topological polar surface area (TPSA) is 16.4 Å². The summed E-state index contributed by atoms with van der Waals surface area (Å²) in [5.41, 5.74) is 18.0. The third kappa shape index (κ3) is 3.70. The molecular formula is C51H43NO. The van der Waals surface area contributed by atoms with Crippen molar-refractivity contribution in [1.29, 1.82) is 0 Å². The molecule has 2 spiro atoms. The lowest BCUT2D eigenvalue weighted by atomic mass is 9.43. The molecule has 7 aliphatic rings. The second-order valence-electron chi connectivity index (χ2n) is 17.6. The van der Waals surface area contributed by atoms with Crippen LogP contribution in [0.15, 0.2) is 132 Å². The number of benzene rings is 6. The smallest absolute Gasteiger partial charge is 0.135 e. The fourth-order valence-corrected chi connectivity index (χ4v) is 13.7. The number of fused-ring (bicyclic) bond motifs is 11. The van der Waals surface area contributed by atoms with E-state index in [2.05, 4.69) is 132 Å². The van der Waals surface area contributed by atoms with E-state index in [0.29, 0.717) is 0 Å². The highest BCUT2D eigenvalue weighted by Crippen LogP contribution is 2.69. The van der Waals surface area contributed by atoms with E-state index in [-0.39, 0.29) is 10.8 Å². The molecule has 2 nitrogen and oxygen atoms in total. The van der Waals surface area contributed by atoms with Crippen molar-refractivity contribution in [2.45, 2.75) is 68.6 Å². The number of hydrogen-bond acceptors (Lipinski definition) is 2. The number of anilines is 3. The van der Waals surface area contributed by atoms with Crippen LogP contribution in [0, 0.1) is 23.7 Å². The van der Waals surface area contributed by atoms with Crippen molar-refractivity contribution < 1.29 is 4.42 Å². The lowest BCUT2D eigenvalue weighted by Crippen LogP contribution is -2.55. The van der Waals surface area contributed by atoms with Crippen LogP contribution in [0.3, 0.4) is 0 Å². The van der Waals surface area contributed by atoms with E-state index in [4.69, 9.17) is 4.42 Å². The van der Waals surface area contributed by atoms with E-state index >= 15 is 0 Å². The van der Waals surface area contributed by atoms with E-state index in [9.17, 15) is 0 Å². The largest absolute Gasteiger partial charge is 0.456 e. The van der Waals surface area contributed by atoms with Crippen LogP contribution in [0.4, 0.5) is 17.1 Å². The van der Waals surface area contributed by atoms with Crippen LogP contribution in [0.25, 0.3) is 44.2 Å². The molecule has 7 aliphatic carbocycles. The SMILES string of the molecule is c1ccc2c(c1)-c1cc(N(c3ccc4c(c3)C3(c5ccccc5-4)C4CC5CC(C4)CC3C5)c3ccc4oc5ccccc5c4c3)ccc1C21CCCC1. The van der Waals surface area contributed by atoms with Gasteiger partial charge >= 0.3 is 0 Å². The zero-order chi connectivity index (χ0) is 34.5. The molecule has 0 saturated heterocycles. The number of rotatable bonds is 3. The summed E-state index contributed by atoms with van der Waals surface area (Å²) in [4.78, 5) is 2.57. The third-order valence-electron chi connectivity index (χ3n) is 15.4. The summed E-state index contributed by atoms with van der Waals surface area (Å²) in [5.74, 6) is 3.32. The maximum atomic E-state index is 6.36. The number of hydrogen-bond donors (Lipinski definition) is 0. The lowest BCUT2D eigenvalue weighted by Gasteiger charge is -2.61. The molecule has 0 N–H and O–H groups in total. The summed E-state index contributed by atoms with van der Waals surface area (Å²) in [6, 6.07) is 49.1. The molecule has 1 heterocycles. The number of para-hydroxylation sites is 1. The van der Waals surface area contributed by atoms with Crippen molar-refractivity contribution in [2.75, 3.05) is 4.90 Å². The first-order valence-corrected chi connectivity index (χ1v) is 20.4. The molecule has 14 rings (SSSR count). The van der Waals surface area contributed by atoms with Gasteiger partial charge in [0.05, 0.1) is 0 Å². The summed E-state index contributed by atoms with van der Waals surface area (Å²) < 4.78 is 6.36. The van der Waals surface area contributed by atoms with Gasteiger partial charge in [-0.15, -0.1) is 0 Å². The first kappa shape index (κ1) is 29.4. The third-order valence-corrected chi connectivity index (χ3v) is 15.4. The standard InChI is InChI=1S/C51H43NO/c1-4-12-44-39(10-1)42-28-35(16-19-45(42)50(44)21-7-8-22-50)52(36-17-20-49-43(29-36)41-11-3-6-14-48(41)53-49)37-15-18-40-38-9-2-5-13-46(38)51(47(40)30-37)33-24-31-23-32(26-33)27-34(51)25-31/h1-6,9-20,28-34H,7-8,21-27H2. The first-order valence-electron chi connectivity index (χ1n) is 20.4. The second-order valence-corrected chi connectivity index (χ2v) is 17.6. The Labute approximate surface area is 311 Å². The Morgan fingerprint density at radius 1 is 0.453 bits per heavy atom. The van der Waals surface area contributed by atoms with Gasteiger partial charge in [-0.05, 0) is 162 Å². The van der Waals surface area contributed by atoms with Crippen molar-refractivity contribution in [3.05, 3.63) is 150 Å². The van der Waals surface area contributed by atoms with Gasteiger partial charge in [0.2, 0.25) is 0 Å². The highest BCUT2D eigenvalue weighted by molar-refractivity contribution is 6.06. The molecule has 4 bridgehead atoms. The van der Waals surface area contributed by atoms with Crippen LogP contribution >= 0.6 is 0 Å². The van der Waals surface area contributed by atoms with Gasteiger partial charge < -0.3 is 9.32 Å². The normalized spacial score (nSPS) is 26.4. The average molecular weight is 686 g/mol. The summed E-state index contributed by atoms with van der Waals surface area (Å²) in [5, 5.41) is 2.35.